The Labute approximate surface area is 149 Å². The summed E-state index contributed by atoms with van der Waals surface area (Å²) in [5.41, 5.74) is 3.48. The maximum atomic E-state index is 9.44. The van der Waals surface area contributed by atoms with Crippen molar-refractivity contribution in [2.45, 2.75) is 0 Å². The third kappa shape index (κ3) is 4.61. The minimum absolute atomic E-state index is 0.144. The summed E-state index contributed by atoms with van der Waals surface area (Å²) < 4.78 is 0. The van der Waals surface area contributed by atoms with Gasteiger partial charge in [0.15, 0.2) is 0 Å². The summed E-state index contributed by atoms with van der Waals surface area (Å²) >= 11 is 0. The fourth-order valence-electron chi connectivity index (χ4n) is 2.97. The van der Waals surface area contributed by atoms with Crippen LogP contribution in [0.3, 0.4) is 0 Å². The van der Waals surface area contributed by atoms with Crippen molar-refractivity contribution in [3.8, 4) is 0 Å². The first kappa shape index (κ1) is 17.1. The third-order valence-corrected chi connectivity index (χ3v) is 4.22. The number of hydrogen-bond donors (Lipinski definition) is 1. The van der Waals surface area contributed by atoms with Crippen molar-refractivity contribution in [3.05, 3.63) is 91.0 Å². The largest absolute Gasteiger partial charge is 0.395 e. The van der Waals surface area contributed by atoms with E-state index in [0.717, 1.165) is 18.8 Å². The van der Waals surface area contributed by atoms with Crippen molar-refractivity contribution in [1.29, 1.82) is 0 Å². The predicted octanol–water partition coefficient (Wildman–Crippen LogP) is 4.32. The van der Waals surface area contributed by atoms with E-state index in [2.05, 4.69) is 70.5 Å². The van der Waals surface area contributed by atoms with Gasteiger partial charge in [-0.2, -0.15) is 0 Å². The van der Waals surface area contributed by atoms with Crippen molar-refractivity contribution in [2.24, 2.45) is 0 Å². The van der Waals surface area contributed by atoms with Crippen LogP contribution in [0.4, 0.5) is 17.1 Å². The van der Waals surface area contributed by atoms with E-state index in [4.69, 9.17) is 0 Å². The molecule has 0 aliphatic rings. The molecular weight excluding hydrogens is 308 g/mol. The average Bonchev–Trinajstić information content (AvgIpc) is 2.70. The van der Waals surface area contributed by atoms with Gasteiger partial charge in [-0.3, -0.25) is 0 Å². The van der Waals surface area contributed by atoms with Crippen LogP contribution in [0.1, 0.15) is 0 Å². The zero-order chi connectivity index (χ0) is 17.3. The van der Waals surface area contributed by atoms with Gasteiger partial charge >= 0.3 is 0 Å². The van der Waals surface area contributed by atoms with Crippen molar-refractivity contribution in [2.75, 3.05) is 36.0 Å². The second-order valence-electron chi connectivity index (χ2n) is 5.87. The number of rotatable bonds is 8. The molecule has 3 heteroatoms. The van der Waals surface area contributed by atoms with Crippen molar-refractivity contribution in [3.63, 3.8) is 0 Å². The molecule has 1 N–H and O–H groups in total. The minimum atomic E-state index is 0.144. The molecule has 0 aromatic heterocycles. The number of nitrogens with zero attached hydrogens (tertiary/aromatic N) is 2. The first-order valence-corrected chi connectivity index (χ1v) is 8.67. The van der Waals surface area contributed by atoms with E-state index >= 15 is 0 Å². The Morgan fingerprint density at radius 3 is 1.40 bits per heavy atom. The highest BCUT2D eigenvalue weighted by Crippen LogP contribution is 2.25. The first-order valence-electron chi connectivity index (χ1n) is 8.67. The van der Waals surface area contributed by atoms with Gasteiger partial charge in [0, 0.05) is 36.7 Å². The molecule has 0 saturated carbocycles. The van der Waals surface area contributed by atoms with Crippen LogP contribution < -0.4 is 9.80 Å². The lowest BCUT2D eigenvalue weighted by atomic mass is 10.2. The molecule has 0 radical (unpaired) electrons. The van der Waals surface area contributed by atoms with Crippen LogP contribution in [0, 0.1) is 0 Å². The summed E-state index contributed by atoms with van der Waals surface area (Å²) in [5, 5.41) is 9.44. The lowest BCUT2D eigenvalue weighted by Crippen LogP contribution is -2.35. The average molecular weight is 332 g/mol. The molecular formula is C22H24N2O. The number of para-hydroxylation sites is 3. The van der Waals surface area contributed by atoms with Crippen LogP contribution in [0.5, 0.6) is 0 Å². The van der Waals surface area contributed by atoms with E-state index in [1.807, 2.05) is 30.3 Å². The molecule has 0 saturated heterocycles. The van der Waals surface area contributed by atoms with Crippen LogP contribution in [-0.4, -0.2) is 31.3 Å². The van der Waals surface area contributed by atoms with Crippen molar-refractivity contribution >= 4 is 17.1 Å². The number of hydrogen-bond acceptors (Lipinski definition) is 3. The summed E-state index contributed by atoms with van der Waals surface area (Å²) in [6.45, 7) is 2.43. The number of anilines is 3. The Balaban J connectivity index is 1.80. The van der Waals surface area contributed by atoms with E-state index in [-0.39, 0.29) is 6.61 Å². The van der Waals surface area contributed by atoms with Crippen molar-refractivity contribution in [1.82, 2.24) is 0 Å². The van der Waals surface area contributed by atoms with Crippen LogP contribution in [0.2, 0.25) is 0 Å². The second kappa shape index (κ2) is 8.90. The summed E-state index contributed by atoms with van der Waals surface area (Å²) in [4.78, 5) is 4.53. The molecule has 3 aromatic carbocycles. The second-order valence-corrected chi connectivity index (χ2v) is 5.87. The normalized spacial score (nSPS) is 10.4. The molecule has 25 heavy (non-hydrogen) atoms. The van der Waals surface area contributed by atoms with Crippen LogP contribution in [0.25, 0.3) is 0 Å². The number of aliphatic hydroxyl groups excluding tert-OH is 1. The predicted molar refractivity (Wildman–Crippen MR) is 106 cm³/mol. The molecule has 3 nitrogen and oxygen atoms in total. The SMILES string of the molecule is OCCN(CCN(c1ccccc1)c1ccccc1)c1ccccc1. The fourth-order valence-corrected chi connectivity index (χ4v) is 2.97. The molecule has 128 valence electrons. The summed E-state index contributed by atoms with van der Waals surface area (Å²) in [6, 6.07) is 31.1. The van der Waals surface area contributed by atoms with E-state index in [9.17, 15) is 5.11 Å². The summed E-state index contributed by atoms with van der Waals surface area (Å²) in [5.74, 6) is 0. The number of aliphatic hydroxyl groups is 1. The molecule has 0 spiro atoms. The van der Waals surface area contributed by atoms with Gasteiger partial charge in [0.25, 0.3) is 0 Å². The summed E-state index contributed by atoms with van der Waals surface area (Å²) in [7, 11) is 0. The molecule has 3 aromatic rings. The molecule has 0 amide bonds. The lowest BCUT2D eigenvalue weighted by molar-refractivity contribution is 0.302. The first-order chi connectivity index (χ1) is 12.4. The maximum Gasteiger partial charge on any atom is 0.0606 e. The van der Waals surface area contributed by atoms with E-state index in [1.165, 1.54) is 11.4 Å². The van der Waals surface area contributed by atoms with E-state index in [1.54, 1.807) is 0 Å². The Morgan fingerprint density at radius 1 is 0.520 bits per heavy atom. The van der Waals surface area contributed by atoms with Gasteiger partial charge < -0.3 is 14.9 Å². The number of benzene rings is 3. The van der Waals surface area contributed by atoms with Gasteiger partial charge in [-0.25, -0.2) is 0 Å². The molecule has 0 heterocycles. The van der Waals surface area contributed by atoms with Gasteiger partial charge in [0.1, 0.15) is 0 Å². The molecule has 0 bridgehead atoms. The van der Waals surface area contributed by atoms with Crippen LogP contribution >= 0.6 is 0 Å². The lowest BCUT2D eigenvalue weighted by Gasteiger charge is -2.30. The van der Waals surface area contributed by atoms with E-state index in [0.29, 0.717) is 6.54 Å². The Hall–Kier alpha value is -2.78. The van der Waals surface area contributed by atoms with Crippen LogP contribution in [-0.2, 0) is 0 Å². The Bertz CT molecular complexity index is 692. The van der Waals surface area contributed by atoms with Crippen molar-refractivity contribution < 1.29 is 5.11 Å². The zero-order valence-electron chi connectivity index (χ0n) is 14.3. The molecule has 0 aliphatic carbocycles. The van der Waals surface area contributed by atoms with Gasteiger partial charge in [-0.1, -0.05) is 54.6 Å². The van der Waals surface area contributed by atoms with Crippen LogP contribution in [0.15, 0.2) is 91.0 Å². The van der Waals surface area contributed by atoms with Gasteiger partial charge in [0.2, 0.25) is 0 Å². The molecule has 0 unspecified atom stereocenters. The highest BCUT2D eigenvalue weighted by atomic mass is 16.3. The highest BCUT2D eigenvalue weighted by Gasteiger charge is 2.12. The van der Waals surface area contributed by atoms with Gasteiger partial charge in [0.05, 0.1) is 6.61 Å². The minimum Gasteiger partial charge on any atom is -0.395 e. The molecule has 0 atom stereocenters. The Morgan fingerprint density at radius 2 is 0.960 bits per heavy atom. The summed E-state index contributed by atoms with van der Waals surface area (Å²) in [6.07, 6.45) is 0. The maximum absolute atomic E-state index is 9.44. The standard InChI is InChI=1S/C22H24N2O/c25-19-18-23(20-10-4-1-5-11-20)16-17-24(21-12-6-2-7-13-21)22-14-8-3-9-15-22/h1-15,25H,16-19H2. The molecule has 3 rings (SSSR count). The zero-order valence-corrected chi connectivity index (χ0v) is 14.3. The third-order valence-electron chi connectivity index (χ3n) is 4.22. The van der Waals surface area contributed by atoms with Gasteiger partial charge in [-0.05, 0) is 36.4 Å². The van der Waals surface area contributed by atoms with E-state index < -0.39 is 0 Å². The quantitative estimate of drug-likeness (QED) is 0.665. The highest BCUT2D eigenvalue weighted by molar-refractivity contribution is 5.63. The Kier molecular flexibility index (Phi) is 6.07. The monoisotopic (exact) mass is 332 g/mol. The molecule has 0 aliphatic heterocycles. The fraction of sp³-hybridized carbons (Fsp3) is 0.182. The van der Waals surface area contributed by atoms with Gasteiger partial charge in [-0.15, -0.1) is 0 Å². The topological polar surface area (TPSA) is 26.7 Å². The molecule has 0 fully saturated rings. The smallest absolute Gasteiger partial charge is 0.0606 e.